The molecule has 25 heavy (non-hydrogen) atoms. The van der Waals surface area contributed by atoms with E-state index in [1.54, 1.807) is 30.1 Å². The summed E-state index contributed by atoms with van der Waals surface area (Å²) in [6.45, 7) is 4.23. The summed E-state index contributed by atoms with van der Waals surface area (Å²) in [7, 11) is 1.74. The van der Waals surface area contributed by atoms with Crippen molar-refractivity contribution in [2.45, 2.75) is 32.4 Å². The number of halogens is 2. The van der Waals surface area contributed by atoms with Gasteiger partial charge in [-0.25, -0.2) is 4.68 Å². The smallest absolute Gasteiger partial charge is 0.276 e. The van der Waals surface area contributed by atoms with Gasteiger partial charge in [-0.3, -0.25) is 4.79 Å². The summed E-state index contributed by atoms with van der Waals surface area (Å²) in [5.41, 5.74) is 2.08. The van der Waals surface area contributed by atoms with Gasteiger partial charge >= 0.3 is 0 Å². The van der Waals surface area contributed by atoms with Crippen molar-refractivity contribution in [1.29, 1.82) is 0 Å². The molecule has 0 bridgehead atoms. The van der Waals surface area contributed by atoms with Gasteiger partial charge in [-0.2, -0.15) is 0 Å². The third kappa shape index (κ3) is 4.14. The van der Waals surface area contributed by atoms with Crippen molar-refractivity contribution in [2.75, 3.05) is 20.1 Å². The second-order valence-corrected chi connectivity index (χ2v) is 7.26. The Balaban J connectivity index is 1.74. The summed E-state index contributed by atoms with van der Waals surface area (Å²) in [6.07, 6.45) is 1.99. The van der Waals surface area contributed by atoms with Crippen LogP contribution in [0.1, 0.15) is 40.6 Å². The molecule has 6 nitrogen and oxygen atoms in total. The zero-order valence-electron chi connectivity index (χ0n) is 14.3. The predicted octanol–water partition coefficient (Wildman–Crippen LogP) is 3.09. The monoisotopic (exact) mass is 381 g/mol. The molecule has 134 valence electrons. The van der Waals surface area contributed by atoms with Gasteiger partial charge in [-0.15, -0.1) is 5.10 Å². The minimum Gasteiger partial charge on any atom is -0.336 e. The highest BCUT2D eigenvalue weighted by atomic mass is 35.5. The van der Waals surface area contributed by atoms with Crippen LogP contribution in [0.3, 0.4) is 0 Å². The molecule has 8 heteroatoms. The Bertz CT molecular complexity index is 750. The van der Waals surface area contributed by atoms with Crippen LogP contribution in [0.2, 0.25) is 10.0 Å². The fraction of sp³-hybridized carbons (Fsp3) is 0.471. The fourth-order valence-corrected chi connectivity index (χ4v) is 3.74. The van der Waals surface area contributed by atoms with Crippen LogP contribution in [0.15, 0.2) is 18.2 Å². The highest BCUT2D eigenvalue weighted by Gasteiger charge is 2.24. The number of rotatable bonds is 4. The van der Waals surface area contributed by atoms with Crippen molar-refractivity contribution in [1.82, 2.24) is 25.2 Å². The Labute approximate surface area is 157 Å². The lowest BCUT2D eigenvalue weighted by atomic mass is 10.1. The topological polar surface area (TPSA) is 63.1 Å². The second-order valence-electron chi connectivity index (χ2n) is 6.39. The van der Waals surface area contributed by atoms with Crippen molar-refractivity contribution >= 4 is 29.1 Å². The number of carbonyl (C=O) groups excluding carboxylic acids is 1. The van der Waals surface area contributed by atoms with E-state index < -0.39 is 0 Å². The number of nitrogens with one attached hydrogen (secondary N) is 1. The van der Waals surface area contributed by atoms with E-state index in [4.69, 9.17) is 23.2 Å². The van der Waals surface area contributed by atoms with Gasteiger partial charge in [0.15, 0.2) is 5.69 Å². The third-order valence-electron chi connectivity index (χ3n) is 4.47. The number of hydrogen-bond acceptors (Lipinski definition) is 4. The molecular formula is C17H21Cl2N5O. The lowest BCUT2D eigenvalue weighted by Crippen LogP contribution is -2.30. The van der Waals surface area contributed by atoms with E-state index in [0.29, 0.717) is 28.3 Å². The number of benzene rings is 1. The molecule has 1 aromatic heterocycles. The molecule has 1 N–H and O–H groups in total. The van der Waals surface area contributed by atoms with Crippen LogP contribution >= 0.6 is 23.2 Å². The number of amides is 1. The number of aromatic nitrogens is 3. The first kappa shape index (κ1) is 18.2. The van der Waals surface area contributed by atoms with E-state index in [1.165, 1.54) is 0 Å². The van der Waals surface area contributed by atoms with Crippen LogP contribution in [0, 0.1) is 6.92 Å². The molecule has 0 spiro atoms. The Morgan fingerprint density at radius 3 is 2.56 bits per heavy atom. The molecule has 1 amide bonds. The van der Waals surface area contributed by atoms with Crippen LogP contribution in [0.25, 0.3) is 0 Å². The van der Waals surface area contributed by atoms with Crippen molar-refractivity contribution < 1.29 is 4.79 Å². The summed E-state index contributed by atoms with van der Waals surface area (Å²) in [4.78, 5) is 14.4. The number of hydrogen-bond donors (Lipinski definition) is 1. The molecular weight excluding hydrogens is 361 g/mol. The molecule has 1 aliphatic heterocycles. The molecule has 0 radical (unpaired) electrons. The lowest BCUT2D eigenvalue weighted by Gasteiger charge is -2.23. The molecule has 1 aliphatic rings. The predicted molar refractivity (Wildman–Crippen MR) is 98.2 cm³/mol. The van der Waals surface area contributed by atoms with Gasteiger partial charge in [0, 0.05) is 23.6 Å². The van der Waals surface area contributed by atoms with Crippen LogP contribution in [0.4, 0.5) is 0 Å². The maximum Gasteiger partial charge on any atom is 0.276 e. The first-order chi connectivity index (χ1) is 12.0. The summed E-state index contributed by atoms with van der Waals surface area (Å²) >= 11 is 12.1. The van der Waals surface area contributed by atoms with Crippen molar-refractivity contribution in [2.24, 2.45) is 0 Å². The lowest BCUT2D eigenvalue weighted by molar-refractivity contribution is 0.0778. The zero-order chi connectivity index (χ0) is 18.0. The van der Waals surface area contributed by atoms with Gasteiger partial charge in [0.1, 0.15) is 0 Å². The largest absolute Gasteiger partial charge is 0.336 e. The van der Waals surface area contributed by atoms with E-state index in [0.717, 1.165) is 37.2 Å². The van der Waals surface area contributed by atoms with E-state index >= 15 is 0 Å². The average molecular weight is 382 g/mol. The summed E-state index contributed by atoms with van der Waals surface area (Å²) in [5, 5.41) is 12.8. The van der Waals surface area contributed by atoms with Gasteiger partial charge in [0.05, 0.1) is 11.7 Å². The summed E-state index contributed by atoms with van der Waals surface area (Å²) in [5.74, 6) is -0.159. The SMILES string of the molecule is Cc1c(C(=O)N(C)Cc2cc(Cl)cc(Cl)c2)nnn1C1CCNCC1. The first-order valence-corrected chi connectivity index (χ1v) is 9.04. The van der Waals surface area contributed by atoms with Gasteiger partial charge in [0.2, 0.25) is 0 Å². The van der Waals surface area contributed by atoms with Gasteiger partial charge in [-0.05, 0) is 56.6 Å². The minimum atomic E-state index is -0.159. The zero-order valence-corrected chi connectivity index (χ0v) is 15.8. The molecule has 1 saturated heterocycles. The van der Waals surface area contributed by atoms with E-state index in [2.05, 4.69) is 15.6 Å². The second kappa shape index (κ2) is 7.72. The molecule has 0 saturated carbocycles. The van der Waals surface area contributed by atoms with Crippen LogP contribution in [-0.4, -0.2) is 45.9 Å². The molecule has 1 fully saturated rings. The van der Waals surface area contributed by atoms with Gasteiger partial charge < -0.3 is 10.2 Å². The van der Waals surface area contributed by atoms with E-state index in [9.17, 15) is 4.79 Å². The Morgan fingerprint density at radius 2 is 1.92 bits per heavy atom. The minimum absolute atomic E-state index is 0.159. The van der Waals surface area contributed by atoms with E-state index in [-0.39, 0.29) is 5.91 Å². The third-order valence-corrected chi connectivity index (χ3v) is 4.91. The van der Waals surface area contributed by atoms with E-state index in [1.807, 2.05) is 11.6 Å². The van der Waals surface area contributed by atoms with Gasteiger partial charge in [-0.1, -0.05) is 28.4 Å². The Morgan fingerprint density at radius 1 is 1.28 bits per heavy atom. The van der Waals surface area contributed by atoms with Crippen LogP contribution < -0.4 is 5.32 Å². The standard InChI is InChI=1S/C17H21Cl2N5O/c1-11-16(21-22-24(11)15-3-5-20-6-4-15)17(25)23(2)10-12-7-13(18)9-14(19)8-12/h7-9,15,20H,3-6,10H2,1-2H3. The van der Waals surface area contributed by atoms with Crippen molar-refractivity contribution in [3.05, 3.63) is 45.2 Å². The molecule has 0 unspecified atom stereocenters. The van der Waals surface area contributed by atoms with Crippen molar-refractivity contribution in [3.8, 4) is 0 Å². The van der Waals surface area contributed by atoms with Crippen molar-refractivity contribution in [3.63, 3.8) is 0 Å². The fourth-order valence-electron chi connectivity index (χ4n) is 3.17. The van der Waals surface area contributed by atoms with Crippen LogP contribution in [-0.2, 0) is 6.54 Å². The maximum atomic E-state index is 12.8. The summed E-state index contributed by atoms with van der Waals surface area (Å²) in [6, 6.07) is 5.57. The molecule has 0 aliphatic carbocycles. The molecule has 2 heterocycles. The normalized spacial score (nSPS) is 15.4. The number of carbonyl (C=O) groups is 1. The highest BCUT2D eigenvalue weighted by molar-refractivity contribution is 6.34. The van der Waals surface area contributed by atoms with Crippen LogP contribution in [0.5, 0.6) is 0 Å². The Kier molecular flexibility index (Phi) is 5.61. The molecule has 3 rings (SSSR count). The quantitative estimate of drug-likeness (QED) is 0.883. The molecule has 0 atom stereocenters. The Hall–Kier alpha value is -1.63. The molecule has 2 aromatic rings. The average Bonchev–Trinajstić information content (AvgIpc) is 2.95. The first-order valence-electron chi connectivity index (χ1n) is 8.28. The number of piperidine rings is 1. The summed E-state index contributed by atoms with van der Waals surface area (Å²) < 4.78 is 1.89. The number of nitrogens with zero attached hydrogens (tertiary/aromatic N) is 4. The van der Waals surface area contributed by atoms with Gasteiger partial charge in [0.25, 0.3) is 5.91 Å². The molecule has 1 aromatic carbocycles. The maximum absolute atomic E-state index is 12.8. The highest BCUT2D eigenvalue weighted by Crippen LogP contribution is 2.22.